The summed E-state index contributed by atoms with van der Waals surface area (Å²) in [7, 11) is 1.63. The number of carbonyl (C=O) groups excluding carboxylic acids is 1. The Morgan fingerprint density at radius 3 is 2.45 bits per heavy atom. The van der Waals surface area contributed by atoms with E-state index in [4.69, 9.17) is 0 Å². The number of aliphatic hydroxyl groups excluding tert-OH is 1. The van der Waals surface area contributed by atoms with Crippen LogP contribution in [-0.4, -0.2) is 29.2 Å². The zero-order chi connectivity index (χ0) is 13.9. The number of benzene rings is 2. The molecule has 100 valence electrons. The van der Waals surface area contributed by atoms with E-state index in [1.165, 1.54) is 33.8 Å². The van der Waals surface area contributed by atoms with Gasteiger partial charge in [-0.15, -0.1) is 0 Å². The van der Waals surface area contributed by atoms with Crippen LogP contribution >= 0.6 is 23.5 Å². The molecule has 2 heterocycles. The lowest BCUT2D eigenvalue weighted by Crippen LogP contribution is -2.30. The first-order valence-corrected chi connectivity index (χ1v) is 7.87. The molecule has 1 N–H and O–H groups in total. The third-order valence-electron chi connectivity index (χ3n) is 3.60. The Morgan fingerprint density at radius 2 is 1.75 bits per heavy atom. The van der Waals surface area contributed by atoms with E-state index in [1.54, 1.807) is 7.05 Å². The van der Waals surface area contributed by atoms with Crippen molar-refractivity contribution in [1.82, 2.24) is 4.90 Å². The summed E-state index contributed by atoms with van der Waals surface area (Å²) < 4.78 is 0. The van der Waals surface area contributed by atoms with Crippen molar-refractivity contribution < 1.29 is 9.90 Å². The van der Waals surface area contributed by atoms with Gasteiger partial charge in [0.05, 0.1) is 9.81 Å². The maximum atomic E-state index is 12.2. The van der Waals surface area contributed by atoms with Crippen molar-refractivity contribution in [3.63, 3.8) is 0 Å². The fourth-order valence-electron chi connectivity index (χ4n) is 2.53. The quantitative estimate of drug-likeness (QED) is 0.812. The summed E-state index contributed by atoms with van der Waals surface area (Å²) in [5.41, 5.74) is 0. The SMILES string of the molecule is CN1C(=O)C2=C(Sc3cccc4cccc(c34)S2)C1O. The van der Waals surface area contributed by atoms with E-state index in [1.807, 2.05) is 24.3 Å². The van der Waals surface area contributed by atoms with Gasteiger partial charge in [-0.2, -0.15) is 0 Å². The molecule has 5 heteroatoms. The minimum atomic E-state index is -0.834. The highest BCUT2D eigenvalue weighted by Crippen LogP contribution is 2.50. The van der Waals surface area contributed by atoms with Crippen molar-refractivity contribution in [3.8, 4) is 0 Å². The summed E-state index contributed by atoms with van der Waals surface area (Å²) in [5.74, 6) is -0.102. The Bertz CT molecular complexity index is 779. The zero-order valence-corrected chi connectivity index (χ0v) is 12.3. The molecule has 1 atom stereocenters. The van der Waals surface area contributed by atoms with E-state index in [0.29, 0.717) is 4.91 Å². The first kappa shape index (κ1) is 12.3. The van der Waals surface area contributed by atoms with Gasteiger partial charge in [0.25, 0.3) is 5.91 Å². The Morgan fingerprint density at radius 1 is 1.10 bits per heavy atom. The molecule has 0 fully saturated rings. The summed E-state index contributed by atoms with van der Waals surface area (Å²) in [4.78, 5) is 17.2. The van der Waals surface area contributed by atoms with Crippen LogP contribution in [0.4, 0.5) is 0 Å². The first-order chi connectivity index (χ1) is 9.66. The van der Waals surface area contributed by atoms with Gasteiger partial charge < -0.3 is 10.0 Å². The van der Waals surface area contributed by atoms with Crippen molar-refractivity contribution in [1.29, 1.82) is 0 Å². The predicted molar refractivity (Wildman–Crippen MR) is 81.5 cm³/mol. The minimum absolute atomic E-state index is 0.102. The van der Waals surface area contributed by atoms with Crippen molar-refractivity contribution in [2.45, 2.75) is 16.0 Å². The van der Waals surface area contributed by atoms with Crippen molar-refractivity contribution >= 4 is 40.2 Å². The van der Waals surface area contributed by atoms with Crippen LogP contribution in [0, 0.1) is 0 Å². The molecule has 0 radical (unpaired) electrons. The van der Waals surface area contributed by atoms with Gasteiger partial charge >= 0.3 is 0 Å². The predicted octanol–water partition coefficient (Wildman–Crippen LogP) is 3.04. The van der Waals surface area contributed by atoms with Crippen molar-refractivity contribution in [3.05, 3.63) is 46.2 Å². The summed E-state index contributed by atoms with van der Waals surface area (Å²) in [6.07, 6.45) is -0.834. The summed E-state index contributed by atoms with van der Waals surface area (Å²) in [6.45, 7) is 0. The molecule has 0 spiro atoms. The number of hydrogen-bond donors (Lipinski definition) is 1. The Kier molecular flexibility index (Phi) is 2.64. The minimum Gasteiger partial charge on any atom is -0.369 e. The fraction of sp³-hybridized carbons (Fsp3) is 0.133. The van der Waals surface area contributed by atoms with Gasteiger partial charge in [0, 0.05) is 22.2 Å². The zero-order valence-electron chi connectivity index (χ0n) is 10.7. The Labute approximate surface area is 124 Å². The highest BCUT2D eigenvalue weighted by Gasteiger charge is 2.38. The second-order valence-electron chi connectivity index (χ2n) is 4.80. The highest BCUT2D eigenvalue weighted by molar-refractivity contribution is 8.08. The molecular weight excluding hydrogens is 290 g/mol. The van der Waals surface area contributed by atoms with Gasteiger partial charge in [0.2, 0.25) is 0 Å². The molecule has 4 rings (SSSR count). The molecule has 0 aromatic heterocycles. The Balaban J connectivity index is 1.98. The number of aliphatic hydroxyl groups is 1. The van der Waals surface area contributed by atoms with Crippen molar-refractivity contribution in [2.24, 2.45) is 0 Å². The standard InChI is InChI=1S/C15H11NO2S2/c1-16-14(17)12-13(15(16)18)20-10-7-3-5-8-4-2-6-9(19-12)11(8)10/h2-7,14,17H,1H3. The molecule has 20 heavy (non-hydrogen) atoms. The molecule has 2 aromatic carbocycles. The number of hydrogen-bond acceptors (Lipinski definition) is 4. The van der Waals surface area contributed by atoms with Crippen molar-refractivity contribution in [2.75, 3.05) is 7.05 Å². The molecule has 1 unspecified atom stereocenters. The average Bonchev–Trinajstić information content (AvgIpc) is 2.63. The molecule has 2 aliphatic heterocycles. The van der Waals surface area contributed by atoms with Gasteiger partial charge in [0.1, 0.15) is 0 Å². The van der Waals surface area contributed by atoms with E-state index in [9.17, 15) is 9.90 Å². The van der Waals surface area contributed by atoms with Crippen LogP contribution in [0.2, 0.25) is 0 Å². The smallest absolute Gasteiger partial charge is 0.263 e. The summed E-state index contributed by atoms with van der Waals surface area (Å²) in [5, 5.41) is 12.6. The number of amides is 1. The number of carbonyl (C=O) groups is 1. The van der Waals surface area contributed by atoms with Crippen LogP contribution in [0.15, 0.2) is 56.0 Å². The third-order valence-corrected chi connectivity index (χ3v) is 6.08. The third kappa shape index (κ3) is 1.57. The largest absolute Gasteiger partial charge is 0.369 e. The molecule has 2 aliphatic rings. The molecular formula is C15H11NO2S2. The van der Waals surface area contributed by atoms with Crippen LogP contribution < -0.4 is 0 Å². The van der Waals surface area contributed by atoms with E-state index >= 15 is 0 Å². The average molecular weight is 301 g/mol. The lowest BCUT2D eigenvalue weighted by Gasteiger charge is -2.17. The van der Waals surface area contributed by atoms with Crippen LogP contribution in [-0.2, 0) is 4.79 Å². The van der Waals surface area contributed by atoms with Gasteiger partial charge in [-0.25, -0.2) is 0 Å². The van der Waals surface area contributed by atoms with Crippen LogP contribution in [0.5, 0.6) is 0 Å². The first-order valence-electron chi connectivity index (χ1n) is 6.23. The van der Waals surface area contributed by atoms with Gasteiger partial charge in [-0.05, 0) is 17.5 Å². The van der Waals surface area contributed by atoms with Gasteiger partial charge in [0.15, 0.2) is 6.23 Å². The molecule has 0 aliphatic carbocycles. The molecule has 0 saturated carbocycles. The molecule has 2 aromatic rings. The van der Waals surface area contributed by atoms with Crippen LogP contribution in [0.3, 0.4) is 0 Å². The number of thioether (sulfide) groups is 2. The Hall–Kier alpha value is -1.43. The summed E-state index contributed by atoms with van der Waals surface area (Å²) in [6, 6.07) is 12.2. The van der Waals surface area contributed by atoms with E-state index in [0.717, 1.165) is 20.1 Å². The highest BCUT2D eigenvalue weighted by atomic mass is 32.2. The monoisotopic (exact) mass is 301 g/mol. The second-order valence-corrected chi connectivity index (χ2v) is 6.93. The lowest BCUT2D eigenvalue weighted by atomic mass is 10.1. The van der Waals surface area contributed by atoms with E-state index < -0.39 is 6.23 Å². The van der Waals surface area contributed by atoms with Crippen LogP contribution in [0.25, 0.3) is 10.8 Å². The lowest BCUT2D eigenvalue weighted by molar-refractivity contribution is -0.129. The number of nitrogens with zero attached hydrogens (tertiary/aromatic N) is 1. The number of likely N-dealkylation sites (N-methyl/N-ethyl adjacent to an activating group) is 1. The van der Waals surface area contributed by atoms with Gasteiger partial charge in [-0.1, -0.05) is 47.8 Å². The maximum absolute atomic E-state index is 12.2. The fourth-order valence-corrected chi connectivity index (χ4v) is 5.14. The maximum Gasteiger partial charge on any atom is 0.263 e. The normalized spacial score (nSPS) is 21.4. The van der Waals surface area contributed by atoms with Crippen LogP contribution in [0.1, 0.15) is 0 Å². The van der Waals surface area contributed by atoms with E-state index in [2.05, 4.69) is 12.1 Å². The second kappa shape index (κ2) is 4.28. The molecule has 0 bridgehead atoms. The molecule has 0 saturated heterocycles. The molecule has 1 amide bonds. The number of rotatable bonds is 0. The van der Waals surface area contributed by atoms with Gasteiger partial charge in [-0.3, -0.25) is 4.79 Å². The topological polar surface area (TPSA) is 40.5 Å². The summed E-state index contributed by atoms with van der Waals surface area (Å²) >= 11 is 2.97. The van der Waals surface area contributed by atoms with E-state index in [-0.39, 0.29) is 5.91 Å². The molecule has 3 nitrogen and oxygen atoms in total.